The molecule has 0 radical (unpaired) electrons. The van der Waals surface area contributed by atoms with Crippen molar-refractivity contribution in [3.8, 4) is 0 Å². The minimum Gasteiger partial charge on any atom is -0.398 e. The van der Waals surface area contributed by atoms with Gasteiger partial charge < -0.3 is 27.8 Å². The summed E-state index contributed by atoms with van der Waals surface area (Å²) in [4.78, 5) is 28.6. The molecule has 0 spiro atoms. The number of carbonyl (C=O) groups is 2. The van der Waals surface area contributed by atoms with E-state index in [1.54, 1.807) is 36.0 Å². The Labute approximate surface area is 259 Å². The van der Waals surface area contributed by atoms with Crippen molar-refractivity contribution >= 4 is 58.1 Å². The van der Waals surface area contributed by atoms with Gasteiger partial charge in [0.2, 0.25) is 0 Å². The second-order valence-electron chi connectivity index (χ2n) is 12.4. The SMILES string of the molecule is CCCSc1c(N)cc(C(C)(C)C)cc1NC(=O)c1cccc(C(=O)Nc2cc(C(C)(C)C)cc(N)c2SCCN)c1. The molecule has 0 unspecified atom stereocenters. The molecule has 0 saturated carbocycles. The molecular weight excluding hydrogens is 563 g/mol. The molecule has 3 aromatic carbocycles. The fourth-order valence-corrected chi connectivity index (χ4v) is 5.94. The molecule has 226 valence electrons. The average molecular weight is 608 g/mol. The van der Waals surface area contributed by atoms with Gasteiger partial charge in [0.05, 0.1) is 21.2 Å². The van der Waals surface area contributed by atoms with Gasteiger partial charge in [0, 0.05) is 34.8 Å². The number of hydrogen-bond acceptors (Lipinski definition) is 7. The van der Waals surface area contributed by atoms with Gasteiger partial charge in [-0.05, 0) is 76.6 Å². The molecule has 0 bridgehead atoms. The van der Waals surface area contributed by atoms with Crippen LogP contribution in [0.2, 0.25) is 0 Å². The van der Waals surface area contributed by atoms with Crippen LogP contribution < -0.4 is 27.8 Å². The Morgan fingerprint density at radius 2 is 1.14 bits per heavy atom. The maximum Gasteiger partial charge on any atom is 0.255 e. The highest BCUT2D eigenvalue weighted by atomic mass is 32.2. The van der Waals surface area contributed by atoms with Crippen LogP contribution in [0.1, 0.15) is 86.7 Å². The number of nitrogens with one attached hydrogen (secondary N) is 2. The zero-order valence-electron chi connectivity index (χ0n) is 25.8. The van der Waals surface area contributed by atoms with Gasteiger partial charge in [0.15, 0.2) is 0 Å². The van der Waals surface area contributed by atoms with E-state index >= 15 is 0 Å². The molecule has 0 aliphatic heterocycles. The molecule has 2 amide bonds. The standard InChI is InChI=1S/C33H45N5O2S2/c1-8-13-41-28-24(35)16-22(32(2,3)4)18-26(28)37-30(39)20-10-9-11-21(15-20)31(40)38-27-19-23(33(5,6)7)17-25(36)29(27)42-14-12-34/h9-11,15-19H,8,12-14,34-36H2,1-7H3,(H,37,39)(H,38,40). The number of anilines is 4. The molecule has 0 atom stereocenters. The molecule has 3 rings (SSSR count). The van der Waals surface area contributed by atoms with Gasteiger partial charge in [-0.2, -0.15) is 0 Å². The summed E-state index contributed by atoms with van der Waals surface area (Å²) >= 11 is 3.14. The fourth-order valence-electron chi connectivity index (χ4n) is 4.23. The van der Waals surface area contributed by atoms with E-state index in [9.17, 15) is 9.59 Å². The maximum atomic E-state index is 13.5. The zero-order chi connectivity index (χ0) is 31.2. The van der Waals surface area contributed by atoms with Gasteiger partial charge in [0.1, 0.15) is 0 Å². The third-order valence-corrected chi connectivity index (χ3v) is 9.21. The summed E-state index contributed by atoms with van der Waals surface area (Å²) in [6, 6.07) is 14.6. The fraction of sp³-hybridized carbons (Fsp3) is 0.394. The summed E-state index contributed by atoms with van der Waals surface area (Å²) in [5.41, 5.74) is 23.6. The summed E-state index contributed by atoms with van der Waals surface area (Å²) in [5.74, 6) is 0.899. The van der Waals surface area contributed by atoms with Crippen LogP contribution in [0.15, 0.2) is 58.3 Å². The summed E-state index contributed by atoms with van der Waals surface area (Å²) < 4.78 is 0. The molecule has 9 heteroatoms. The van der Waals surface area contributed by atoms with Crippen LogP contribution in [-0.2, 0) is 10.8 Å². The summed E-state index contributed by atoms with van der Waals surface area (Å²) in [7, 11) is 0. The van der Waals surface area contributed by atoms with Crippen molar-refractivity contribution in [2.24, 2.45) is 5.73 Å². The van der Waals surface area contributed by atoms with Crippen LogP contribution in [-0.4, -0.2) is 29.9 Å². The minimum atomic E-state index is -0.331. The Kier molecular flexibility index (Phi) is 11.0. The molecule has 42 heavy (non-hydrogen) atoms. The van der Waals surface area contributed by atoms with Crippen molar-refractivity contribution in [3.05, 3.63) is 70.8 Å². The Bertz CT molecular complexity index is 1340. The number of amides is 2. The monoisotopic (exact) mass is 607 g/mol. The van der Waals surface area contributed by atoms with Crippen molar-refractivity contribution in [1.29, 1.82) is 0 Å². The number of hydrogen-bond donors (Lipinski definition) is 5. The highest BCUT2D eigenvalue weighted by molar-refractivity contribution is 7.99. The molecule has 3 aromatic rings. The minimum absolute atomic E-state index is 0.144. The molecule has 0 aliphatic rings. The van der Waals surface area contributed by atoms with E-state index in [-0.39, 0.29) is 22.6 Å². The number of rotatable bonds is 10. The average Bonchev–Trinajstić information content (AvgIpc) is 2.91. The predicted octanol–water partition coefficient (Wildman–Crippen LogP) is 7.50. The van der Waals surface area contributed by atoms with E-state index in [2.05, 4.69) is 59.1 Å². The smallest absolute Gasteiger partial charge is 0.255 e. The first-order valence-corrected chi connectivity index (χ1v) is 16.2. The van der Waals surface area contributed by atoms with Gasteiger partial charge in [-0.15, -0.1) is 23.5 Å². The second-order valence-corrected chi connectivity index (χ2v) is 14.6. The van der Waals surface area contributed by atoms with E-state index < -0.39 is 0 Å². The maximum absolute atomic E-state index is 13.5. The Hall–Kier alpha value is -3.14. The first kappa shape index (κ1) is 33.4. The predicted molar refractivity (Wildman–Crippen MR) is 182 cm³/mol. The Morgan fingerprint density at radius 1 is 0.714 bits per heavy atom. The van der Waals surface area contributed by atoms with E-state index in [4.69, 9.17) is 17.2 Å². The van der Waals surface area contributed by atoms with Gasteiger partial charge >= 0.3 is 0 Å². The molecule has 0 aromatic heterocycles. The number of thioether (sulfide) groups is 2. The molecule has 0 aliphatic carbocycles. The van der Waals surface area contributed by atoms with Crippen LogP contribution in [0.3, 0.4) is 0 Å². The number of nitrogen functional groups attached to an aromatic ring is 2. The number of carbonyl (C=O) groups excluding carboxylic acids is 2. The topological polar surface area (TPSA) is 136 Å². The van der Waals surface area contributed by atoms with Crippen molar-refractivity contribution in [2.75, 3.05) is 40.2 Å². The highest BCUT2D eigenvalue weighted by Crippen LogP contribution is 2.39. The van der Waals surface area contributed by atoms with Crippen molar-refractivity contribution in [2.45, 2.75) is 75.5 Å². The lowest BCUT2D eigenvalue weighted by Gasteiger charge is -2.23. The lowest BCUT2D eigenvalue weighted by atomic mass is 9.86. The third-order valence-electron chi connectivity index (χ3n) is 6.67. The van der Waals surface area contributed by atoms with Crippen LogP contribution in [0.4, 0.5) is 22.7 Å². The van der Waals surface area contributed by atoms with Crippen LogP contribution in [0.5, 0.6) is 0 Å². The molecule has 7 nitrogen and oxygen atoms in total. The van der Waals surface area contributed by atoms with Gasteiger partial charge in [-0.25, -0.2) is 0 Å². The van der Waals surface area contributed by atoms with Crippen LogP contribution in [0, 0.1) is 0 Å². The van der Waals surface area contributed by atoms with Crippen molar-refractivity contribution < 1.29 is 9.59 Å². The lowest BCUT2D eigenvalue weighted by Crippen LogP contribution is -2.19. The Balaban J connectivity index is 1.93. The van der Waals surface area contributed by atoms with Gasteiger partial charge in [0.25, 0.3) is 11.8 Å². The van der Waals surface area contributed by atoms with E-state index in [0.29, 0.717) is 46.2 Å². The molecular formula is C33H45N5O2S2. The summed E-state index contributed by atoms with van der Waals surface area (Å²) in [6.07, 6.45) is 0.979. The lowest BCUT2D eigenvalue weighted by molar-refractivity contribution is 0.102. The van der Waals surface area contributed by atoms with Crippen molar-refractivity contribution in [1.82, 2.24) is 0 Å². The first-order valence-electron chi connectivity index (χ1n) is 14.2. The van der Waals surface area contributed by atoms with Gasteiger partial charge in [-0.3, -0.25) is 9.59 Å². The summed E-state index contributed by atoms with van der Waals surface area (Å²) in [6.45, 7) is 15.2. The van der Waals surface area contributed by atoms with E-state index in [1.807, 2.05) is 24.3 Å². The van der Waals surface area contributed by atoms with Gasteiger partial charge in [-0.1, -0.05) is 54.5 Å². The molecule has 0 fully saturated rings. The Morgan fingerprint density at radius 3 is 1.52 bits per heavy atom. The largest absolute Gasteiger partial charge is 0.398 e. The van der Waals surface area contributed by atoms with Crippen molar-refractivity contribution in [3.63, 3.8) is 0 Å². The first-order chi connectivity index (χ1) is 19.6. The second kappa shape index (κ2) is 13.9. The summed E-state index contributed by atoms with van der Waals surface area (Å²) in [5, 5.41) is 6.10. The quantitative estimate of drug-likeness (QED) is 0.119. The highest BCUT2D eigenvalue weighted by Gasteiger charge is 2.22. The normalized spacial score (nSPS) is 11.8. The van der Waals surface area contributed by atoms with E-state index in [0.717, 1.165) is 33.1 Å². The number of benzene rings is 3. The van der Waals surface area contributed by atoms with Crippen LogP contribution in [0.25, 0.3) is 0 Å². The third kappa shape index (κ3) is 8.46. The molecule has 8 N–H and O–H groups in total. The van der Waals surface area contributed by atoms with E-state index in [1.165, 1.54) is 11.8 Å². The zero-order valence-corrected chi connectivity index (χ0v) is 27.4. The molecule has 0 heterocycles. The molecule has 0 saturated heterocycles. The van der Waals surface area contributed by atoms with Crippen LogP contribution >= 0.6 is 23.5 Å². The number of nitrogens with two attached hydrogens (primary N) is 3.